The van der Waals surface area contributed by atoms with Gasteiger partial charge in [0.1, 0.15) is 4.90 Å². The summed E-state index contributed by atoms with van der Waals surface area (Å²) in [4.78, 5) is 3.89. The number of hydrogen-bond acceptors (Lipinski definition) is 5. The number of nitrogens with two attached hydrogens (primary N) is 1. The number of nitrogens with zero attached hydrogens (tertiary/aromatic N) is 3. The molecule has 0 unspecified atom stereocenters. The van der Waals surface area contributed by atoms with Crippen LogP contribution in [0.25, 0.3) is 0 Å². The van der Waals surface area contributed by atoms with Crippen molar-refractivity contribution in [2.75, 3.05) is 17.1 Å². The lowest BCUT2D eigenvalue weighted by Crippen LogP contribution is -2.27. The molecule has 2 aromatic heterocycles. The number of nitrogens with one attached hydrogen (secondary N) is 1. The van der Waals surface area contributed by atoms with Crippen molar-refractivity contribution in [3.8, 4) is 0 Å². The van der Waals surface area contributed by atoms with Crippen LogP contribution >= 0.6 is 0 Å². The molecule has 90 valence electrons. The number of rotatable bonds is 3. The molecule has 0 aliphatic carbocycles. The van der Waals surface area contributed by atoms with Gasteiger partial charge in [-0.3, -0.25) is 14.4 Å². The number of sulfonamides is 1. The lowest BCUT2D eigenvalue weighted by molar-refractivity contribution is 0.594. The maximum atomic E-state index is 12.1. The number of aromatic amines is 1. The van der Waals surface area contributed by atoms with Crippen LogP contribution in [0, 0.1) is 0 Å². The second-order valence-corrected chi connectivity index (χ2v) is 5.31. The van der Waals surface area contributed by atoms with E-state index in [1.807, 2.05) is 0 Å². The third-order valence-electron chi connectivity index (χ3n) is 2.30. The minimum Gasteiger partial charge on any atom is -0.396 e. The van der Waals surface area contributed by atoms with E-state index in [1.54, 1.807) is 0 Å². The molecule has 0 aliphatic rings. The van der Waals surface area contributed by atoms with Crippen LogP contribution < -0.4 is 10.0 Å². The number of nitrogen functional groups attached to an aromatic ring is 1. The van der Waals surface area contributed by atoms with Crippen molar-refractivity contribution < 1.29 is 8.42 Å². The highest BCUT2D eigenvalue weighted by atomic mass is 32.2. The molecule has 3 N–H and O–H groups in total. The smallest absolute Gasteiger partial charge is 0.267 e. The Morgan fingerprint density at radius 1 is 1.41 bits per heavy atom. The van der Waals surface area contributed by atoms with E-state index in [1.165, 1.54) is 37.9 Å². The predicted molar refractivity (Wildman–Crippen MR) is 62.8 cm³/mol. The molecule has 0 aromatic carbocycles. The zero-order valence-electron chi connectivity index (χ0n) is 9.03. The summed E-state index contributed by atoms with van der Waals surface area (Å²) >= 11 is 0. The van der Waals surface area contributed by atoms with Gasteiger partial charge in [0, 0.05) is 19.4 Å². The largest absolute Gasteiger partial charge is 0.396 e. The second-order valence-electron chi connectivity index (χ2n) is 3.34. The third kappa shape index (κ3) is 1.94. The molecule has 2 heterocycles. The summed E-state index contributed by atoms with van der Waals surface area (Å²) in [7, 11) is -2.21. The normalized spacial score (nSPS) is 11.4. The fourth-order valence-electron chi connectivity index (χ4n) is 1.35. The highest BCUT2D eigenvalue weighted by molar-refractivity contribution is 7.92. The van der Waals surface area contributed by atoms with Crippen molar-refractivity contribution in [2.45, 2.75) is 4.90 Å². The van der Waals surface area contributed by atoms with Gasteiger partial charge in [0.2, 0.25) is 0 Å². The molecule has 0 bridgehead atoms. The Kier molecular flexibility index (Phi) is 2.72. The molecule has 7 nitrogen and oxygen atoms in total. The fraction of sp³-hybridized carbons (Fsp3) is 0.111. The number of aromatic nitrogens is 3. The van der Waals surface area contributed by atoms with Gasteiger partial charge in [-0.05, 0) is 6.07 Å². The minimum atomic E-state index is -3.64. The average molecular weight is 253 g/mol. The lowest BCUT2D eigenvalue weighted by Gasteiger charge is -2.19. The number of H-pyrrole nitrogens is 1. The molecule has 2 aromatic rings. The van der Waals surface area contributed by atoms with E-state index in [-0.39, 0.29) is 4.90 Å². The molecule has 0 aliphatic heterocycles. The summed E-state index contributed by atoms with van der Waals surface area (Å²) in [5.41, 5.74) is 6.35. The first-order valence-electron chi connectivity index (χ1n) is 4.70. The molecule has 0 atom stereocenters. The Morgan fingerprint density at radius 3 is 2.76 bits per heavy atom. The minimum absolute atomic E-state index is 0.0798. The van der Waals surface area contributed by atoms with Crippen LogP contribution in [0.5, 0.6) is 0 Å². The van der Waals surface area contributed by atoms with Gasteiger partial charge in [-0.25, -0.2) is 8.42 Å². The molecule has 2 rings (SSSR count). The van der Waals surface area contributed by atoms with Crippen LogP contribution in [0.3, 0.4) is 0 Å². The van der Waals surface area contributed by atoms with Crippen molar-refractivity contribution in [1.29, 1.82) is 0 Å². The van der Waals surface area contributed by atoms with Crippen LogP contribution in [0.4, 0.5) is 11.4 Å². The topological polar surface area (TPSA) is 105 Å². The van der Waals surface area contributed by atoms with Gasteiger partial charge in [0.15, 0.2) is 0 Å². The first-order valence-corrected chi connectivity index (χ1v) is 6.14. The van der Waals surface area contributed by atoms with E-state index in [0.717, 1.165) is 4.31 Å². The Bertz CT molecular complexity index is 608. The molecule has 8 heteroatoms. The standard InChI is InChI=1S/C9H11N5O2S/c1-14(9-2-3-11-6-8(9)10)17(15,16)7-4-12-13-5-7/h2-6H,10H2,1H3,(H,12,13). The second kappa shape index (κ2) is 4.06. The highest BCUT2D eigenvalue weighted by Gasteiger charge is 2.23. The average Bonchev–Trinajstić information content (AvgIpc) is 2.83. The van der Waals surface area contributed by atoms with Gasteiger partial charge >= 0.3 is 0 Å². The van der Waals surface area contributed by atoms with E-state index in [9.17, 15) is 8.42 Å². The van der Waals surface area contributed by atoms with Crippen LogP contribution in [0.2, 0.25) is 0 Å². The van der Waals surface area contributed by atoms with Crippen molar-refractivity contribution in [1.82, 2.24) is 15.2 Å². The molecular formula is C9H11N5O2S. The summed E-state index contributed by atoms with van der Waals surface area (Å²) in [5, 5.41) is 6.07. The van der Waals surface area contributed by atoms with Crippen LogP contribution in [-0.2, 0) is 10.0 Å². The maximum absolute atomic E-state index is 12.1. The van der Waals surface area contributed by atoms with Crippen LogP contribution in [0.1, 0.15) is 0 Å². The Morgan fingerprint density at radius 2 is 2.18 bits per heavy atom. The van der Waals surface area contributed by atoms with Gasteiger partial charge < -0.3 is 5.73 Å². The SMILES string of the molecule is CN(c1ccncc1N)S(=O)(=O)c1cn[nH]c1. The number of pyridine rings is 1. The maximum Gasteiger partial charge on any atom is 0.267 e. The van der Waals surface area contributed by atoms with Crippen molar-refractivity contribution >= 4 is 21.4 Å². The van der Waals surface area contributed by atoms with Gasteiger partial charge in [-0.1, -0.05) is 0 Å². The Hall–Kier alpha value is -2.09. The summed E-state index contributed by atoms with van der Waals surface area (Å²) < 4.78 is 25.4. The predicted octanol–water partition coefficient (Wildman–Crippen LogP) is 0.212. The molecule has 17 heavy (non-hydrogen) atoms. The van der Waals surface area contributed by atoms with Crippen LogP contribution in [-0.4, -0.2) is 30.6 Å². The van der Waals surface area contributed by atoms with Crippen molar-refractivity contribution in [2.24, 2.45) is 0 Å². The van der Waals surface area contributed by atoms with Gasteiger partial charge in [0.25, 0.3) is 10.0 Å². The van der Waals surface area contributed by atoms with Crippen molar-refractivity contribution in [3.63, 3.8) is 0 Å². The Labute approximate surface area is 98.3 Å². The monoisotopic (exact) mass is 253 g/mol. The number of anilines is 2. The molecule has 0 saturated carbocycles. The van der Waals surface area contributed by atoms with E-state index in [4.69, 9.17) is 5.73 Å². The fourth-order valence-corrected chi connectivity index (χ4v) is 2.48. The van der Waals surface area contributed by atoms with E-state index < -0.39 is 10.0 Å². The zero-order chi connectivity index (χ0) is 12.5. The number of hydrogen-bond donors (Lipinski definition) is 2. The molecule has 0 spiro atoms. The molecular weight excluding hydrogens is 242 g/mol. The summed E-state index contributed by atoms with van der Waals surface area (Å²) in [6.45, 7) is 0. The van der Waals surface area contributed by atoms with Crippen molar-refractivity contribution in [3.05, 3.63) is 30.9 Å². The van der Waals surface area contributed by atoms with Gasteiger partial charge in [0.05, 0.1) is 23.8 Å². The Balaban J connectivity index is 2.46. The quantitative estimate of drug-likeness (QED) is 0.813. The molecule has 0 amide bonds. The van der Waals surface area contributed by atoms with Gasteiger partial charge in [-0.2, -0.15) is 5.10 Å². The first kappa shape index (κ1) is 11.4. The molecule has 0 saturated heterocycles. The highest BCUT2D eigenvalue weighted by Crippen LogP contribution is 2.25. The van der Waals surface area contributed by atoms with E-state index >= 15 is 0 Å². The summed E-state index contributed by atoms with van der Waals surface area (Å²) in [6, 6.07) is 1.53. The summed E-state index contributed by atoms with van der Waals surface area (Å²) in [5.74, 6) is 0. The zero-order valence-corrected chi connectivity index (χ0v) is 9.85. The third-order valence-corrected chi connectivity index (χ3v) is 4.04. The first-order chi connectivity index (χ1) is 8.03. The van der Waals surface area contributed by atoms with E-state index in [2.05, 4.69) is 15.2 Å². The lowest BCUT2D eigenvalue weighted by atomic mass is 10.3. The molecule has 0 fully saturated rings. The molecule has 0 radical (unpaired) electrons. The van der Waals surface area contributed by atoms with E-state index in [0.29, 0.717) is 11.4 Å². The summed E-state index contributed by atoms with van der Waals surface area (Å²) in [6.07, 6.45) is 5.43. The van der Waals surface area contributed by atoms with Gasteiger partial charge in [-0.15, -0.1) is 0 Å². The van der Waals surface area contributed by atoms with Crippen LogP contribution in [0.15, 0.2) is 35.7 Å².